The van der Waals surface area contributed by atoms with E-state index >= 15 is 0 Å². The van der Waals surface area contributed by atoms with Crippen molar-refractivity contribution < 1.29 is 4.74 Å². The molecule has 1 N–H and O–H groups in total. The number of fused-ring (bicyclic) bond motifs is 3. The maximum atomic E-state index is 6.01. The SMILES string of the molecule is CN(C)c1ccc2cc3c(cc2c1)Oc1ccccc1N3. The lowest BCUT2D eigenvalue weighted by atomic mass is 10.1. The Bertz CT molecular complexity index is 840. The van der Waals surface area contributed by atoms with Gasteiger partial charge in [-0.25, -0.2) is 0 Å². The molecule has 3 aromatic carbocycles. The molecule has 0 fully saturated rings. The lowest BCUT2D eigenvalue weighted by Gasteiger charge is -2.22. The fraction of sp³-hybridized carbons (Fsp3) is 0.111. The number of para-hydroxylation sites is 2. The van der Waals surface area contributed by atoms with Crippen LogP contribution in [0.15, 0.2) is 54.6 Å². The van der Waals surface area contributed by atoms with Crippen molar-refractivity contribution in [3.8, 4) is 11.5 Å². The van der Waals surface area contributed by atoms with Gasteiger partial charge in [-0.05, 0) is 47.2 Å². The van der Waals surface area contributed by atoms with Crippen molar-refractivity contribution in [2.75, 3.05) is 24.3 Å². The third kappa shape index (κ3) is 1.98. The van der Waals surface area contributed by atoms with Gasteiger partial charge in [-0.2, -0.15) is 0 Å². The van der Waals surface area contributed by atoms with Gasteiger partial charge in [-0.15, -0.1) is 0 Å². The first-order chi connectivity index (χ1) is 10.2. The molecule has 1 aliphatic heterocycles. The van der Waals surface area contributed by atoms with E-state index in [4.69, 9.17) is 4.74 Å². The number of nitrogens with one attached hydrogen (secondary N) is 1. The molecule has 1 heterocycles. The van der Waals surface area contributed by atoms with Gasteiger partial charge in [0.05, 0.1) is 11.4 Å². The van der Waals surface area contributed by atoms with Crippen molar-refractivity contribution in [1.82, 2.24) is 0 Å². The molecule has 0 aliphatic carbocycles. The maximum absolute atomic E-state index is 6.01. The summed E-state index contributed by atoms with van der Waals surface area (Å²) in [6.45, 7) is 0. The molecule has 0 bridgehead atoms. The molecule has 4 rings (SSSR count). The van der Waals surface area contributed by atoms with Gasteiger partial charge >= 0.3 is 0 Å². The van der Waals surface area contributed by atoms with Crippen LogP contribution in [0.1, 0.15) is 0 Å². The zero-order chi connectivity index (χ0) is 14.4. The highest BCUT2D eigenvalue weighted by atomic mass is 16.5. The van der Waals surface area contributed by atoms with Crippen LogP contribution in [0.3, 0.4) is 0 Å². The summed E-state index contributed by atoms with van der Waals surface area (Å²) >= 11 is 0. The zero-order valence-electron chi connectivity index (χ0n) is 12.1. The molecule has 1 aliphatic rings. The average Bonchev–Trinajstić information content (AvgIpc) is 2.50. The van der Waals surface area contributed by atoms with Crippen molar-refractivity contribution in [2.45, 2.75) is 0 Å². The Morgan fingerprint density at radius 1 is 0.810 bits per heavy atom. The minimum atomic E-state index is 0.869. The van der Waals surface area contributed by atoms with Crippen molar-refractivity contribution in [1.29, 1.82) is 0 Å². The summed E-state index contributed by atoms with van der Waals surface area (Å²) in [5.74, 6) is 1.74. The third-order valence-corrected chi connectivity index (χ3v) is 3.81. The molecular weight excluding hydrogens is 260 g/mol. The molecule has 3 nitrogen and oxygen atoms in total. The zero-order valence-corrected chi connectivity index (χ0v) is 12.1. The Morgan fingerprint density at radius 3 is 2.52 bits per heavy atom. The van der Waals surface area contributed by atoms with E-state index < -0.39 is 0 Å². The van der Waals surface area contributed by atoms with Crippen molar-refractivity contribution in [3.63, 3.8) is 0 Å². The summed E-state index contributed by atoms with van der Waals surface area (Å²) < 4.78 is 6.01. The van der Waals surface area contributed by atoms with Gasteiger partial charge in [0.2, 0.25) is 0 Å². The van der Waals surface area contributed by atoms with Crippen molar-refractivity contribution in [3.05, 3.63) is 54.6 Å². The van der Waals surface area contributed by atoms with Crippen molar-refractivity contribution in [2.24, 2.45) is 0 Å². The summed E-state index contributed by atoms with van der Waals surface area (Å²) in [7, 11) is 4.10. The second kappa shape index (κ2) is 4.42. The highest BCUT2D eigenvalue weighted by molar-refractivity contribution is 5.93. The van der Waals surface area contributed by atoms with E-state index in [-0.39, 0.29) is 0 Å². The van der Waals surface area contributed by atoms with Crippen LogP contribution < -0.4 is 15.0 Å². The summed E-state index contributed by atoms with van der Waals surface area (Å²) in [4.78, 5) is 2.10. The maximum Gasteiger partial charge on any atom is 0.151 e. The fourth-order valence-electron chi connectivity index (χ4n) is 2.65. The average molecular weight is 276 g/mol. The number of rotatable bonds is 1. The van der Waals surface area contributed by atoms with Crippen LogP contribution in [0.2, 0.25) is 0 Å². The first-order valence-corrected chi connectivity index (χ1v) is 7.00. The van der Waals surface area contributed by atoms with Crippen LogP contribution >= 0.6 is 0 Å². The Balaban J connectivity index is 1.85. The molecule has 0 radical (unpaired) electrons. The standard InChI is InChI=1S/C18H16N2O/c1-20(2)14-8-7-12-10-16-18(11-13(12)9-14)21-17-6-4-3-5-15(17)19-16/h3-11,19H,1-2H3. The molecule has 0 saturated carbocycles. The van der Waals surface area contributed by atoms with Crippen LogP contribution in [0.25, 0.3) is 10.8 Å². The normalized spacial score (nSPS) is 12.1. The van der Waals surface area contributed by atoms with Gasteiger partial charge in [0.25, 0.3) is 0 Å². The summed E-state index contributed by atoms with van der Waals surface area (Å²) in [5.41, 5.74) is 3.21. The summed E-state index contributed by atoms with van der Waals surface area (Å²) in [6, 6.07) is 18.7. The van der Waals surface area contributed by atoms with Gasteiger partial charge in [0.1, 0.15) is 0 Å². The first-order valence-electron chi connectivity index (χ1n) is 7.00. The van der Waals surface area contributed by atoms with Gasteiger partial charge in [0, 0.05) is 19.8 Å². The van der Waals surface area contributed by atoms with Crippen LogP contribution in [-0.4, -0.2) is 14.1 Å². The highest BCUT2D eigenvalue weighted by Crippen LogP contribution is 2.43. The minimum absolute atomic E-state index is 0.869. The Morgan fingerprint density at radius 2 is 1.67 bits per heavy atom. The molecule has 0 saturated heterocycles. The number of hydrogen-bond donors (Lipinski definition) is 1. The Kier molecular flexibility index (Phi) is 2.54. The van der Waals surface area contributed by atoms with Crippen LogP contribution in [-0.2, 0) is 0 Å². The number of anilines is 3. The number of nitrogens with zero attached hydrogens (tertiary/aromatic N) is 1. The van der Waals surface area contributed by atoms with E-state index in [0.717, 1.165) is 22.9 Å². The van der Waals surface area contributed by atoms with E-state index in [9.17, 15) is 0 Å². The second-order valence-electron chi connectivity index (χ2n) is 5.50. The predicted molar refractivity (Wildman–Crippen MR) is 88.1 cm³/mol. The van der Waals surface area contributed by atoms with Crippen molar-refractivity contribution >= 4 is 27.8 Å². The number of ether oxygens (including phenoxy) is 1. The molecular formula is C18H16N2O. The van der Waals surface area contributed by atoms with Gasteiger partial charge < -0.3 is 15.0 Å². The molecule has 21 heavy (non-hydrogen) atoms. The molecule has 0 atom stereocenters. The lowest BCUT2D eigenvalue weighted by Crippen LogP contribution is -2.08. The second-order valence-corrected chi connectivity index (χ2v) is 5.50. The smallest absolute Gasteiger partial charge is 0.151 e. The molecule has 104 valence electrons. The molecule has 0 spiro atoms. The molecule has 0 amide bonds. The highest BCUT2D eigenvalue weighted by Gasteiger charge is 2.16. The molecule has 0 aromatic heterocycles. The monoisotopic (exact) mass is 276 g/mol. The molecule has 3 heteroatoms. The number of hydrogen-bond acceptors (Lipinski definition) is 3. The molecule has 0 unspecified atom stereocenters. The Labute approximate surface area is 123 Å². The van der Waals surface area contributed by atoms with E-state index in [1.54, 1.807) is 0 Å². The Hall–Kier alpha value is -2.68. The topological polar surface area (TPSA) is 24.5 Å². The fourth-order valence-corrected chi connectivity index (χ4v) is 2.65. The third-order valence-electron chi connectivity index (χ3n) is 3.81. The van der Waals surface area contributed by atoms with Gasteiger partial charge in [0.15, 0.2) is 11.5 Å². The van der Waals surface area contributed by atoms with Gasteiger partial charge in [-0.3, -0.25) is 0 Å². The van der Waals surface area contributed by atoms with Crippen LogP contribution in [0, 0.1) is 0 Å². The lowest BCUT2D eigenvalue weighted by molar-refractivity contribution is 0.482. The van der Waals surface area contributed by atoms with E-state index in [1.165, 1.54) is 16.5 Å². The predicted octanol–water partition coefficient (Wildman–Crippen LogP) is 4.76. The van der Waals surface area contributed by atoms with E-state index in [1.807, 2.05) is 38.4 Å². The first kappa shape index (κ1) is 12.1. The van der Waals surface area contributed by atoms with Crippen LogP contribution in [0.4, 0.5) is 17.1 Å². The summed E-state index contributed by atoms with van der Waals surface area (Å²) in [5, 5.41) is 5.82. The largest absolute Gasteiger partial charge is 0.453 e. The van der Waals surface area contributed by atoms with E-state index in [2.05, 4.69) is 40.5 Å². The van der Waals surface area contributed by atoms with Crippen LogP contribution in [0.5, 0.6) is 11.5 Å². The number of benzene rings is 3. The summed E-state index contributed by atoms with van der Waals surface area (Å²) in [6.07, 6.45) is 0. The minimum Gasteiger partial charge on any atom is -0.453 e. The quantitative estimate of drug-likeness (QED) is 0.542. The van der Waals surface area contributed by atoms with Gasteiger partial charge in [-0.1, -0.05) is 18.2 Å². The molecule has 3 aromatic rings. The van der Waals surface area contributed by atoms with E-state index in [0.29, 0.717) is 0 Å².